The van der Waals surface area contributed by atoms with E-state index in [1.54, 1.807) is 0 Å². The van der Waals surface area contributed by atoms with Crippen LogP contribution in [0.2, 0.25) is 0 Å². The van der Waals surface area contributed by atoms with Crippen LogP contribution in [0.3, 0.4) is 0 Å². The molecular weight excluding hydrogens is 302 g/mol. The minimum Gasteiger partial charge on any atom is -0.396 e. The van der Waals surface area contributed by atoms with Crippen LogP contribution in [0.4, 0.5) is 0 Å². The van der Waals surface area contributed by atoms with Crippen LogP contribution >= 0.6 is 9.39 Å². The average molecular weight is 330 g/mol. The van der Waals surface area contributed by atoms with Crippen LogP contribution in [0.15, 0.2) is 47.4 Å². The van der Waals surface area contributed by atoms with Gasteiger partial charge in [-0.2, -0.15) is 0 Å². The summed E-state index contributed by atoms with van der Waals surface area (Å²) >= 11 is 0. The van der Waals surface area contributed by atoms with Crippen LogP contribution in [-0.4, -0.2) is 29.5 Å². The van der Waals surface area contributed by atoms with Gasteiger partial charge in [0.15, 0.2) is 0 Å². The summed E-state index contributed by atoms with van der Waals surface area (Å²) in [5.74, 6) is 9.53. The Kier molecular flexibility index (Phi) is 5.10. The molecule has 1 saturated carbocycles. The van der Waals surface area contributed by atoms with Gasteiger partial charge in [-0.1, -0.05) is 42.1 Å². The predicted octanol–water partition coefficient (Wildman–Crippen LogP) is 4.31. The topological polar surface area (TPSA) is 32.3 Å². The van der Waals surface area contributed by atoms with Crippen LogP contribution in [0.25, 0.3) is 10.8 Å². The van der Waals surface area contributed by atoms with Crippen molar-refractivity contribution in [1.82, 2.24) is 4.72 Å². The van der Waals surface area contributed by atoms with Gasteiger partial charge < -0.3 is 5.11 Å². The average Bonchev–Trinajstić information content (AvgIpc) is 2.56. The summed E-state index contributed by atoms with van der Waals surface area (Å²) in [6, 6.07) is 15.5. The second-order valence-electron chi connectivity index (χ2n) is 6.74. The largest absolute Gasteiger partial charge is 0.396 e. The van der Waals surface area contributed by atoms with Crippen molar-refractivity contribution in [2.24, 2.45) is 5.92 Å². The highest BCUT2D eigenvalue weighted by atomic mass is 32.2. The minimum absolute atomic E-state index is 0.319. The molecule has 0 heterocycles. The molecule has 0 radical (unpaired) electrons. The van der Waals surface area contributed by atoms with Crippen molar-refractivity contribution in [2.75, 3.05) is 6.61 Å². The molecule has 1 fully saturated rings. The molecule has 0 spiro atoms. The van der Waals surface area contributed by atoms with E-state index in [-0.39, 0.29) is 0 Å². The van der Waals surface area contributed by atoms with Gasteiger partial charge in [0.2, 0.25) is 0 Å². The molecule has 1 aliphatic rings. The van der Waals surface area contributed by atoms with Gasteiger partial charge >= 0.3 is 0 Å². The molecule has 2 aromatic carbocycles. The molecule has 3 rings (SSSR count). The fourth-order valence-corrected chi connectivity index (χ4v) is 5.24. The van der Waals surface area contributed by atoms with Crippen LogP contribution in [0, 0.1) is 5.92 Å². The first-order chi connectivity index (χ1) is 11.1. The van der Waals surface area contributed by atoms with Crippen molar-refractivity contribution in [3.05, 3.63) is 42.5 Å². The monoisotopic (exact) mass is 329 g/mol. The number of rotatable bonds is 5. The molecule has 23 heavy (non-hydrogen) atoms. The summed E-state index contributed by atoms with van der Waals surface area (Å²) < 4.78 is 3.74. The molecular formula is C20H27NOS. The zero-order valence-corrected chi connectivity index (χ0v) is 14.5. The summed E-state index contributed by atoms with van der Waals surface area (Å²) in [4.78, 5) is 1.22. The maximum absolute atomic E-state index is 9.07. The number of hydrogen-bond donors (Lipinski definition) is 2. The van der Waals surface area contributed by atoms with E-state index in [0.29, 0.717) is 18.6 Å². The third-order valence-corrected chi connectivity index (χ3v) is 6.89. The fraction of sp³-hybridized carbons (Fsp3) is 0.400. The fourth-order valence-electron chi connectivity index (χ4n) is 3.55. The van der Waals surface area contributed by atoms with E-state index >= 15 is 0 Å². The molecule has 0 aromatic heterocycles. The Bertz CT molecular complexity index is 758. The molecule has 0 aliphatic heterocycles. The van der Waals surface area contributed by atoms with Gasteiger partial charge in [0, 0.05) is 17.5 Å². The number of fused-ring (bicyclic) bond motifs is 1. The van der Waals surface area contributed by atoms with Gasteiger partial charge in [-0.3, -0.25) is 4.72 Å². The molecule has 3 heteroatoms. The zero-order valence-electron chi connectivity index (χ0n) is 13.7. The van der Waals surface area contributed by atoms with Gasteiger partial charge in [-0.05, 0) is 60.9 Å². The van der Waals surface area contributed by atoms with Crippen LogP contribution in [0.5, 0.6) is 0 Å². The Hall–Kier alpha value is -1.29. The highest BCUT2D eigenvalue weighted by Crippen LogP contribution is 2.35. The van der Waals surface area contributed by atoms with E-state index in [1.807, 2.05) is 0 Å². The van der Waals surface area contributed by atoms with E-state index in [0.717, 1.165) is 19.3 Å². The SMILES string of the molecule is C=S(=C)(NC1CCC(CCO)CC1)c1ccc2ccccc2c1. The summed E-state index contributed by atoms with van der Waals surface area (Å²) in [5.41, 5.74) is 0. The first kappa shape index (κ1) is 16.6. The Labute approximate surface area is 140 Å². The van der Waals surface area contributed by atoms with Gasteiger partial charge in [-0.15, -0.1) is 9.39 Å². The van der Waals surface area contributed by atoms with Crippen LogP contribution in [0.1, 0.15) is 32.1 Å². The van der Waals surface area contributed by atoms with E-state index in [2.05, 4.69) is 58.9 Å². The Morgan fingerprint density at radius 3 is 2.39 bits per heavy atom. The van der Waals surface area contributed by atoms with Gasteiger partial charge in [0.1, 0.15) is 0 Å². The van der Waals surface area contributed by atoms with Crippen molar-refractivity contribution in [1.29, 1.82) is 0 Å². The van der Waals surface area contributed by atoms with Crippen molar-refractivity contribution >= 4 is 31.9 Å². The molecule has 0 unspecified atom stereocenters. The molecule has 0 amide bonds. The quantitative estimate of drug-likeness (QED) is 0.801. The third kappa shape index (κ3) is 3.97. The van der Waals surface area contributed by atoms with Gasteiger partial charge in [0.05, 0.1) is 0 Å². The Balaban J connectivity index is 1.71. The lowest BCUT2D eigenvalue weighted by molar-refractivity contribution is 0.220. The lowest BCUT2D eigenvalue weighted by atomic mass is 9.85. The van der Waals surface area contributed by atoms with Gasteiger partial charge in [-0.25, -0.2) is 0 Å². The standard InChI is InChI=1S/C20H27NOS/c1-23(2,21-19-10-7-16(8-11-19)13-14-22)20-12-9-17-5-3-4-6-18(17)15-20/h3-6,9,12,15-16,19,21-22H,1-2,7-8,10-11,13-14H2. The molecule has 124 valence electrons. The number of nitrogens with one attached hydrogen (secondary N) is 1. The second kappa shape index (κ2) is 7.08. The molecule has 2 aromatic rings. The number of aliphatic hydroxyl groups excluding tert-OH is 1. The van der Waals surface area contributed by atoms with Crippen molar-refractivity contribution in [3.63, 3.8) is 0 Å². The maximum atomic E-state index is 9.07. The van der Waals surface area contributed by atoms with Crippen molar-refractivity contribution in [3.8, 4) is 0 Å². The third-order valence-electron chi connectivity index (χ3n) is 4.95. The Morgan fingerprint density at radius 1 is 1.00 bits per heavy atom. The molecule has 2 N–H and O–H groups in total. The first-order valence-corrected chi connectivity index (χ1v) is 10.4. The van der Waals surface area contributed by atoms with Gasteiger partial charge in [0.25, 0.3) is 0 Å². The first-order valence-electron chi connectivity index (χ1n) is 8.45. The lowest BCUT2D eigenvalue weighted by Crippen LogP contribution is -2.31. The molecule has 0 saturated heterocycles. The van der Waals surface area contributed by atoms with Crippen LogP contribution < -0.4 is 4.72 Å². The normalized spacial score (nSPS) is 22.3. The minimum atomic E-state index is -1.48. The van der Waals surface area contributed by atoms with Crippen molar-refractivity contribution in [2.45, 2.75) is 43.0 Å². The number of hydrogen-bond acceptors (Lipinski definition) is 2. The predicted molar refractivity (Wildman–Crippen MR) is 105 cm³/mol. The van der Waals surface area contributed by atoms with Crippen molar-refractivity contribution < 1.29 is 5.11 Å². The molecule has 1 aliphatic carbocycles. The highest BCUT2D eigenvalue weighted by Gasteiger charge is 2.21. The summed E-state index contributed by atoms with van der Waals surface area (Å²) in [6.45, 7) is 0.319. The summed E-state index contributed by atoms with van der Waals surface area (Å²) in [6.07, 6.45) is 5.68. The lowest BCUT2D eigenvalue weighted by Gasteiger charge is -2.32. The second-order valence-corrected chi connectivity index (χ2v) is 9.21. The van der Waals surface area contributed by atoms with Crippen LogP contribution in [-0.2, 0) is 0 Å². The summed E-state index contributed by atoms with van der Waals surface area (Å²) in [5, 5.41) is 11.6. The smallest absolute Gasteiger partial charge is 0.0433 e. The molecule has 0 atom stereocenters. The molecule has 0 bridgehead atoms. The van der Waals surface area contributed by atoms with E-state index < -0.39 is 9.39 Å². The van der Waals surface area contributed by atoms with E-state index in [9.17, 15) is 0 Å². The summed E-state index contributed by atoms with van der Waals surface area (Å²) in [7, 11) is -1.48. The zero-order chi connectivity index (χ0) is 16.3. The highest BCUT2D eigenvalue weighted by molar-refractivity contribution is 8.26. The molecule has 2 nitrogen and oxygen atoms in total. The maximum Gasteiger partial charge on any atom is 0.0433 e. The van der Waals surface area contributed by atoms with E-state index in [4.69, 9.17) is 5.11 Å². The number of benzene rings is 2. The Morgan fingerprint density at radius 2 is 1.70 bits per heavy atom. The van der Waals surface area contributed by atoms with E-state index in [1.165, 1.54) is 28.5 Å². The number of aliphatic hydroxyl groups is 1.